The lowest BCUT2D eigenvalue weighted by Crippen LogP contribution is -2.02. The van der Waals surface area contributed by atoms with Crippen LogP contribution in [0.25, 0.3) is 10.9 Å². The number of para-hydroxylation sites is 1. The van der Waals surface area contributed by atoms with E-state index in [9.17, 15) is 5.26 Å². The van der Waals surface area contributed by atoms with Crippen molar-refractivity contribution in [1.82, 2.24) is 4.98 Å². The van der Waals surface area contributed by atoms with Crippen LogP contribution < -0.4 is 5.32 Å². The van der Waals surface area contributed by atoms with Gasteiger partial charge in [0.25, 0.3) is 0 Å². The average molecular weight is 338 g/mol. The number of hydrogen-bond acceptors (Lipinski definition) is 3. The molecule has 0 spiro atoms. The highest BCUT2D eigenvalue weighted by atomic mass is 79.9. The normalized spacial score (nSPS) is 10.3. The van der Waals surface area contributed by atoms with Gasteiger partial charge in [-0.15, -0.1) is 0 Å². The molecule has 2 aromatic carbocycles. The van der Waals surface area contributed by atoms with E-state index in [0.717, 1.165) is 26.6 Å². The van der Waals surface area contributed by atoms with Crippen molar-refractivity contribution in [2.45, 2.75) is 6.54 Å². The molecule has 1 N–H and O–H groups in total. The van der Waals surface area contributed by atoms with E-state index >= 15 is 0 Å². The van der Waals surface area contributed by atoms with Gasteiger partial charge < -0.3 is 5.32 Å². The summed E-state index contributed by atoms with van der Waals surface area (Å²) < 4.78 is 1.05. The smallest absolute Gasteiger partial charge is 0.103 e. The van der Waals surface area contributed by atoms with Gasteiger partial charge in [-0.05, 0) is 23.8 Å². The number of nitrogens with zero attached hydrogens (tertiary/aromatic N) is 2. The molecule has 21 heavy (non-hydrogen) atoms. The third-order valence-electron chi connectivity index (χ3n) is 3.28. The van der Waals surface area contributed by atoms with Gasteiger partial charge in [-0.2, -0.15) is 5.26 Å². The molecule has 0 fully saturated rings. The molecule has 1 aromatic heterocycles. The maximum atomic E-state index is 9.28. The van der Waals surface area contributed by atoms with Crippen LogP contribution in [0.2, 0.25) is 0 Å². The van der Waals surface area contributed by atoms with Crippen molar-refractivity contribution in [1.29, 1.82) is 5.26 Å². The Bertz CT molecular complexity index is 820. The van der Waals surface area contributed by atoms with Gasteiger partial charge in [0.2, 0.25) is 0 Å². The van der Waals surface area contributed by atoms with Crippen LogP contribution in [0, 0.1) is 11.3 Å². The molecule has 0 aliphatic heterocycles. The number of nitriles is 1. The molecule has 3 nitrogen and oxygen atoms in total. The Morgan fingerprint density at radius 3 is 2.62 bits per heavy atom. The van der Waals surface area contributed by atoms with E-state index in [0.29, 0.717) is 12.1 Å². The van der Waals surface area contributed by atoms with Gasteiger partial charge in [0, 0.05) is 22.6 Å². The molecule has 1 heterocycles. The van der Waals surface area contributed by atoms with Gasteiger partial charge in [-0.25, -0.2) is 0 Å². The Labute approximate surface area is 131 Å². The number of nitrogens with one attached hydrogen (secondary N) is 1. The van der Waals surface area contributed by atoms with Gasteiger partial charge in [-0.1, -0.05) is 46.3 Å². The Morgan fingerprint density at radius 1 is 1.10 bits per heavy atom. The fourth-order valence-corrected chi connectivity index (χ4v) is 2.47. The Kier molecular flexibility index (Phi) is 3.85. The predicted octanol–water partition coefficient (Wildman–Crippen LogP) is 4.48. The molecular formula is C17H12BrN3. The van der Waals surface area contributed by atoms with Crippen molar-refractivity contribution in [3.8, 4) is 6.07 Å². The third kappa shape index (κ3) is 2.88. The molecule has 3 aromatic rings. The molecule has 4 heteroatoms. The van der Waals surface area contributed by atoms with Crippen molar-refractivity contribution < 1.29 is 0 Å². The number of pyridine rings is 1. The Hall–Kier alpha value is -2.38. The van der Waals surface area contributed by atoms with Crippen LogP contribution in [-0.2, 0) is 6.54 Å². The molecule has 0 radical (unpaired) electrons. The summed E-state index contributed by atoms with van der Waals surface area (Å²) in [6.45, 7) is 0.663. The van der Waals surface area contributed by atoms with Crippen LogP contribution in [0.3, 0.4) is 0 Å². The lowest BCUT2D eigenvalue weighted by molar-refractivity contribution is 1.15. The number of anilines is 1. The van der Waals surface area contributed by atoms with Gasteiger partial charge in [0.05, 0.1) is 16.8 Å². The van der Waals surface area contributed by atoms with E-state index in [1.807, 2.05) is 48.5 Å². The van der Waals surface area contributed by atoms with Crippen molar-refractivity contribution in [2.75, 3.05) is 5.32 Å². The standard InChI is InChI=1S/C17H12BrN3/c18-14-7-5-12(6-8-14)10-21-17-13(9-19)11-20-16-4-2-1-3-15(16)17/h1-8,11H,10H2,(H,20,21). The van der Waals surface area contributed by atoms with E-state index in [1.165, 1.54) is 0 Å². The molecule has 0 aliphatic rings. The van der Waals surface area contributed by atoms with Crippen LogP contribution >= 0.6 is 15.9 Å². The first-order valence-corrected chi connectivity index (χ1v) is 7.33. The van der Waals surface area contributed by atoms with Crippen LogP contribution in [-0.4, -0.2) is 4.98 Å². The minimum absolute atomic E-state index is 0.561. The Balaban J connectivity index is 1.95. The molecule has 0 amide bonds. The summed E-state index contributed by atoms with van der Waals surface area (Å²) in [7, 11) is 0. The van der Waals surface area contributed by atoms with Crippen LogP contribution in [0.15, 0.2) is 59.2 Å². The fourth-order valence-electron chi connectivity index (χ4n) is 2.21. The topological polar surface area (TPSA) is 48.7 Å². The van der Waals surface area contributed by atoms with E-state index < -0.39 is 0 Å². The highest BCUT2D eigenvalue weighted by Crippen LogP contribution is 2.26. The summed E-state index contributed by atoms with van der Waals surface area (Å²) in [5.41, 5.74) is 3.44. The van der Waals surface area contributed by atoms with Crippen molar-refractivity contribution >= 4 is 32.5 Å². The SMILES string of the molecule is N#Cc1cnc2ccccc2c1NCc1ccc(Br)cc1. The first-order valence-electron chi connectivity index (χ1n) is 6.54. The van der Waals surface area contributed by atoms with E-state index in [1.54, 1.807) is 6.20 Å². The number of halogens is 1. The largest absolute Gasteiger partial charge is 0.379 e. The third-order valence-corrected chi connectivity index (χ3v) is 3.81. The lowest BCUT2D eigenvalue weighted by atomic mass is 10.1. The molecule has 0 saturated heterocycles. The summed E-state index contributed by atoms with van der Waals surface area (Å²) in [5, 5.41) is 13.6. The van der Waals surface area contributed by atoms with Crippen LogP contribution in [0.1, 0.15) is 11.1 Å². The number of hydrogen-bond donors (Lipinski definition) is 1. The summed E-state index contributed by atoms with van der Waals surface area (Å²) >= 11 is 3.43. The maximum Gasteiger partial charge on any atom is 0.103 e. The second kappa shape index (κ2) is 5.94. The monoisotopic (exact) mass is 337 g/mol. The van der Waals surface area contributed by atoms with Crippen molar-refractivity contribution in [3.05, 3.63) is 70.3 Å². The van der Waals surface area contributed by atoms with Gasteiger partial charge in [-0.3, -0.25) is 4.98 Å². The highest BCUT2D eigenvalue weighted by Gasteiger charge is 2.08. The molecule has 3 rings (SSSR count). The van der Waals surface area contributed by atoms with Crippen LogP contribution in [0.4, 0.5) is 5.69 Å². The minimum atomic E-state index is 0.561. The quantitative estimate of drug-likeness (QED) is 0.766. The average Bonchev–Trinajstić information content (AvgIpc) is 2.54. The molecule has 102 valence electrons. The first-order chi connectivity index (χ1) is 10.3. The first kappa shape index (κ1) is 13.6. The second-order valence-electron chi connectivity index (χ2n) is 4.66. The van der Waals surface area contributed by atoms with Gasteiger partial charge in [0.15, 0.2) is 0 Å². The maximum absolute atomic E-state index is 9.28. The number of rotatable bonds is 3. The zero-order chi connectivity index (χ0) is 14.7. The zero-order valence-electron chi connectivity index (χ0n) is 11.2. The summed E-state index contributed by atoms with van der Waals surface area (Å²) in [5.74, 6) is 0. The molecule has 0 aliphatic carbocycles. The zero-order valence-corrected chi connectivity index (χ0v) is 12.8. The molecular weight excluding hydrogens is 326 g/mol. The van der Waals surface area contributed by atoms with E-state index in [2.05, 4.69) is 32.3 Å². The summed E-state index contributed by atoms with van der Waals surface area (Å²) in [4.78, 5) is 4.31. The summed E-state index contributed by atoms with van der Waals surface area (Å²) in [6.07, 6.45) is 1.62. The Morgan fingerprint density at radius 2 is 1.86 bits per heavy atom. The lowest BCUT2D eigenvalue weighted by Gasteiger charge is -2.11. The highest BCUT2D eigenvalue weighted by molar-refractivity contribution is 9.10. The molecule has 0 unspecified atom stereocenters. The fraction of sp³-hybridized carbons (Fsp3) is 0.0588. The van der Waals surface area contributed by atoms with Gasteiger partial charge >= 0.3 is 0 Å². The molecule has 0 saturated carbocycles. The van der Waals surface area contributed by atoms with Crippen LogP contribution in [0.5, 0.6) is 0 Å². The predicted molar refractivity (Wildman–Crippen MR) is 87.9 cm³/mol. The van der Waals surface area contributed by atoms with Crippen molar-refractivity contribution in [2.24, 2.45) is 0 Å². The summed E-state index contributed by atoms with van der Waals surface area (Å²) in [6, 6.07) is 18.1. The second-order valence-corrected chi connectivity index (χ2v) is 5.57. The van der Waals surface area contributed by atoms with Crippen molar-refractivity contribution in [3.63, 3.8) is 0 Å². The molecule has 0 atom stereocenters. The number of benzene rings is 2. The van der Waals surface area contributed by atoms with Gasteiger partial charge in [0.1, 0.15) is 6.07 Å². The van der Waals surface area contributed by atoms with E-state index in [-0.39, 0.29) is 0 Å². The van der Waals surface area contributed by atoms with E-state index in [4.69, 9.17) is 0 Å². The molecule has 0 bridgehead atoms. The number of aromatic nitrogens is 1. The minimum Gasteiger partial charge on any atom is -0.379 e. The number of fused-ring (bicyclic) bond motifs is 1.